The minimum atomic E-state index is -4.63. The summed E-state index contributed by atoms with van der Waals surface area (Å²) in [6.45, 7) is 5.59. The number of halogens is 3. The number of hydrogen-bond acceptors (Lipinski definition) is 7. The van der Waals surface area contributed by atoms with Crippen LogP contribution in [0.1, 0.15) is 39.2 Å². The third-order valence-electron chi connectivity index (χ3n) is 5.70. The van der Waals surface area contributed by atoms with Gasteiger partial charge in [-0.05, 0) is 64.4 Å². The molecule has 214 valence electrons. The van der Waals surface area contributed by atoms with Crippen LogP contribution in [0.3, 0.4) is 0 Å². The van der Waals surface area contributed by atoms with Gasteiger partial charge in [-0.2, -0.15) is 17.5 Å². The molecule has 11 nitrogen and oxygen atoms in total. The number of piperazine rings is 1. The van der Waals surface area contributed by atoms with Crippen LogP contribution in [0, 0.1) is 5.92 Å². The van der Waals surface area contributed by atoms with Crippen molar-refractivity contribution in [2.24, 2.45) is 5.92 Å². The van der Waals surface area contributed by atoms with E-state index in [1.165, 1.54) is 0 Å². The summed E-state index contributed by atoms with van der Waals surface area (Å²) in [5, 5.41) is 21.0. The molecule has 3 rings (SSSR count). The van der Waals surface area contributed by atoms with Crippen molar-refractivity contribution in [1.82, 2.24) is 14.5 Å². The Bertz CT molecular complexity index is 1100. The van der Waals surface area contributed by atoms with Gasteiger partial charge < -0.3 is 25.2 Å². The zero-order valence-corrected chi connectivity index (χ0v) is 22.0. The number of alkyl halides is 3. The first-order valence-corrected chi connectivity index (χ1v) is 13.2. The van der Waals surface area contributed by atoms with Crippen LogP contribution in [-0.2, 0) is 30.5 Å². The predicted octanol–water partition coefficient (Wildman–Crippen LogP) is 2.47. The average molecular weight is 568 g/mol. The molecule has 2 atom stereocenters. The summed E-state index contributed by atoms with van der Waals surface area (Å²) in [5.41, 5.74) is -1.85. The third-order valence-corrected chi connectivity index (χ3v) is 7.62. The van der Waals surface area contributed by atoms with E-state index in [9.17, 15) is 41.1 Å². The summed E-state index contributed by atoms with van der Waals surface area (Å²) in [6.07, 6.45) is -3.58. The molecule has 0 aliphatic carbocycles. The van der Waals surface area contributed by atoms with Gasteiger partial charge in [0.1, 0.15) is 11.6 Å². The fourth-order valence-corrected chi connectivity index (χ4v) is 5.33. The normalized spacial score (nSPS) is 21.2. The van der Waals surface area contributed by atoms with Gasteiger partial charge in [-0.1, -0.05) is 0 Å². The monoisotopic (exact) mass is 567 g/mol. The molecule has 0 spiro atoms. The summed E-state index contributed by atoms with van der Waals surface area (Å²) in [5.74, 6) is -2.30. The number of nitrogens with one attached hydrogen (secondary N) is 1. The molecule has 2 heterocycles. The minimum absolute atomic E-state index is 0.126. The molecule has 1 aromatic rings. The molecular weight excluding hydrogens is 535 g/mol. The molecule has 0 unspecified atom stereocenters. The highest BCUT2D eigenvalue weighted by atomic mass is 32.2. The Morgan fingerprint density at radius 1 is 1.03 bits per heavy atom. The summed E-state index contributed by atoms with van der Waals surface area (Å²) in [7, 11) is -4.40. The standard InChI is InChI=1S/C17H21F3N2O6S.C6H11NO2/c1-16(2,3)28-15(25)21-8-9-22(13(10-21)14(23)24)29(26,27)12-6-4-11(5-7-12)17(18,19)20;8-6(9)5-2-1-3-7-4-5/h4-7,13H,8-10H2,1-3H3,(H,23,24);5,7H,1-4H2,(H,8,9)/t13-;5-/m11/s1. The van der Waals surface area contributed by atoms with Crippen molar-refractivity contribution >= 4 is 28.1 Å². The van der Waals surface area contributed by atoms with Crippen LogP contribution in [0.15, 0.2) is 29.2 Å². The number of nitrogens with zero attached hydrogens (tertiary/aromatic N) is 2. The maximum atomic E-state index is 12.8. The minimum Gasteiger partial charge on any atom is -0.481 e. The lowest BCUT2D eigenvalue weighted by atomic mass is 10.0. The first-order chi connectivity index (χ1) is 17.4. The Morgan fingerprint density at radius 2 is 1.63 bits per heavy atom. The Morgan fingerprint density at radius 3 is 2.05 bits per heavy atom. The highest BCUT2D eigenvalue weighted by molar-refractivity contribution is 7.89. The van der Waals surface area contributed by atoms with Crippen LogP contribution >= 0.6 is 0 Å². The van der Waals surface area contributed by atoms with Gasteiger partial charge in [-0.15, -0.1) is 0 Å². The zero-order chi connectivity index (χ0) is 28.9. The Balaban J connectivity index is 0.000000474. The van der Waals surface area contributed by atoms with Crippen molar-refractivity contribution in [2.75, 3.05) is 32.7 Å². The number of rotatable bonds is 4. The fourth-order valence-electron chi connectivity index (χ4n) is 3.76. The topological polar surface area (TPSA) is 154 Å². The number of sulfonamides is 1. The molecule has 0 aromatic heterocycles. The molecule has 1 aromatic carbocycles. The number of carboxylic acids is 2. The average Bonchev–Trinajstić information content (AvgIpc) is 2.83. The molecule has 3 N–H and O–H groups in total. The van der Waals surface area contributed by atoms with Gasteiger partial charge in [0.15, 0.2) is 0 Å². The number of carbonyl (C=O) groups is 3. The summed E-state index contributed by atoms with van der Waals surface area (Å²) >= 11 is 0. The SMILES string of the molecule is CC(C)(C)OC(=O)N1CCN(S(=O)(=O)c2ccc(C(F)(F)F)cc2)[C@@H](C(=O)O)C1.O=C(O)[C@@H]1CCCNC1. The van der Waals surface area contributed by atoms with Gasteiger partial charge in [0.2, 0.25) is 10.0 Å². The highest BCUT2D eigenvalue weighted by Gasteiger charge is 2.42. The number of carbonyl (C=O) groups excluding carboxylic acids is 1. The Kier molecular flexibility index (Phi) is 10.1. The fraction of sp³-hybridized carbons (Fsp3) is 0.609. The second-order valence-electron chi connectivity index (χ2n) is 9.80. The number of ether oxygens (including phenoxy) is 1. The lowest BCUT2D eigenvalue weighted by Crippen LogP contribution is -2.59. The number of carboxylic acid groups (broad SMARTS) is 2. The van der Waals surface area contributed by atoms with Crippen LogP contribution in [0.25, 0.3) is 0 Å². The Hall–Kier alpha value is -2.91. The van der Waals surface area contributed by atoms with Crippen LogP contribution in [-0.4, -0.2) is 90.2 Å². The number of benzene rings is 1. The first-order valence-electron chi connectivity index (χ1n) is 11.8. The summed E-state index contributed by atoms with van der Waals surface area (Å²) in [4.78, 5) is 34.8. The third kappa shape index (κ3) is 8.56. The molecule has 2 saturated heterocycles. The molecule has 1 amide bonds. The van der Waals surface area contributed by atoms with E-state index in [-0.39, 0.29) is 19.0 Å². The van der Waals surface area contributed by atoms with Gasteiger partial charge in [0.25, 0.3) is 0 Å². The number of piperidine rings is 1. The lowest BCUT2D eigenvalue weighted by molar-refractivity contribution is -0.143. The first kappa shape index (κ1) is 31.3. The number of hydrogen-bond donors (Lipinski definition) is 3. The molecule has 38 heavy (non-hydrogen) atoms. The van der Waals surface area contributed by atoms with Crippen molar-refractivity contribution in [3.63, 3.8) is 0 Å². The Labute approximate surface area is 218 Å². The maximum Gasteiger partial charge on any atom is 0.416 e. The van der Waals surface area contributed by atoms with E-state index in [2.05, 4.69) is 5.32 Å². The van der Waals surface area contributed by atoms with E-state index in [1.54, 1.807) is 20.8 Å². The maximum absolute atomic E-state index is 12.8. The van der Waals surface area contributed by atoms with Crippen molar-refractivity contribution < 1.29 is 50.9 Å². The van der Waals surface area contributed by atoms with Crippen LogP contribution < -0.4 is 5.32 Å². The zero-order valence-electron chi connectivity index (χ0n) is 21.2. The molecule has 2 aliphatic heterocycles. The van der Waals surface area contributed by atoms with Gasteiger partial charge in [0.05, 0.1) is 22.9 Å². The second-order valence-corrected chi connectivity index (χ2v) is 11.7. The molecule has 0 radical (unpaired) electrons. The van der Waals surface area contributed by atoms with E-state index >= 15 is 0 Å². The van der Waals surface area contributed by atoms with Gasteiger partial charge in [-0.3, -0.25) is 9.59 Å². The highest BCUT2D eigenvalue weighted by Crippen LogP contribution is 2.31. The van der Waals surface area contributed by atoms with Crippen LogP contribution in [0.5, 0.6) is 0 Å². The van der Waals surface area contributed by atoms with Gasteiger partial charge in [-0.25, -0.2) is 13.2 Å². The van der Waals surface area contributed by atoms with Crippen molar-refractivity contribution in [1.29, 1.82) is 0 Å². The van der Waals surface area contributed by atoms with E-state index < -0.39 is 62.9 Å². The molecule has 2 aliphatic rings. The number of amides is 1. The van der Waals surface area contributed by atoms with E-state index in [0.717, 1.165) is 36.4 Å². The van der Waals surface area contributed by atoms with E-state index in [0.29, 0.717) is 23.0 Å². The van der Waals surface area contributed by atoms with E-state index in [4.69, 9.17) is 9.84 Å². The lowest BCUT2D eigenvalue weighted by Gasteiger charge is -2.38. The van der Waals surface area contributed by atoms with Crippen LogP contribution in [0.4, 0.5) is 18.0 Å². The van der Waals surface area contributed by atoms with Gasteiger partial charge in [0, 0.05) is 19.6 Å². The quantitative estimate of drug-likeness (QED) is 0.498. The van der Waals surface area contributed by atoms with Crippen molar-refractivity contribution in [2.45, 2.75) is 56.3 Å². The van der Waals surface area contributed by atoms with Crippen LogP contribution in [0.2, 0.25) is 0 Å². The van der Waals surface area contributed by atoms with Gasteiger partial charge >= 0.3 is 24.2 Å². The van der Waals surface area contributed by atoms with Crippen molar-refractivity contribution in [3.8, 4) is 0 Å². The molecule has 15 heteroatoms. The molecule has 2 fully saturated rings. The smallest absolute Gasteiger partial charge is 0.416 e. The molecular formula is C23H32F3N3O8S. The predicted molar refractivity (Wildman–Crippen MR) is 128 cm³/mol. The summed E-state index contributed by atoms with van der Waals surface area (Å²) in [6, 6.07) is 1.16. The number of aliphatic carboxylic acids is 2. The van der Waals surface area contributed by atoms with Crippen molar-refractivity contribution in [3.05, 3.63) is 29.8 Å². The second kappa shape index (κ2) is 12.3. The largest absolute Gasteiger partial charge is 0.481 e. The molecule has 0 saturated carbocycles. The summed E-state index contributed by atoms with van der Waals surface area (Å²) < 4.78 is 69.5. The van der Waals surface area contributed by atoms with E-state index in [1.807, 2.05) is 0 Å². The molecule has 0 bridgehead atoms.